The summed E-state index contributed by atoms with van der Waals surface area (Å²) in [6.45, 7) is 2.69. The third-order valence-corrected chi connectivity index (χ3v) is 7.77. The van der Waals surface area contributed by atoms with Crippen LogP contribution in [-0.2, 0) is 11.2 Å². The Morgan fingerprint density at radius 1 is 1.17 bits per heavy atom. The van der Waals surface area contributed by atoms with Gasteiger partial charge >= 0.3 is 0 Å². The molecule has 2 N–H and O–H groups in total. The molecule has 4 unspecified atom stereocenters. The molecule has 5 rings (SSSR count). The number of fused-ring (bicyclic) bond motifs is 3. The predicted octanol–water partition coefficient (Wildman–Crippen LogP) is 2.92. The molecule has 29 heavy (non-hydrogen) atoms. The number of rotatable bonds is 4. The number of carbonyl (C=O) groups is 1. The molecule has 3 fully saturated rings. The lowest BCUT2D eigenvalue weighted by atomic mass is 9.92. The Labute approximate surface area is 174 Å². The van der Waals surface area contributed by atoms with E-state index in [1.807, 2.05) is 7.05 Å². The van der Waals surface area contributed by atoms with Crippen LogP contribution in [0.5, 0.6) is 0 Å². The van der Waals surface area contributed by atoms with Crippen LogP contribution >= 0.6 is 0 Å². The summed E-state index contributed by atoms with van der Waals surface area (Å²) >= 11 is 0. The number of benzene rings is 1. The lowest BCUT2D eigenvalue weighted by Crippen LogP contribution is -2.46. The average molecular weight is 395 g/mol. The third kappa shape index (κ3) is 3.76. The van der Waals surface area contributed by atoms with E-state index in [0.29, 0.717) is 11.9 Å². The molecule has 1 aliphatic heterocycles. The van der Waals surface area contributed by atoms with E-state index in [2.05, 4.69) is 44.8 Å². The van der Waals surface area contributed by atoms with Gasteiger partial charge in [-0.1, -0.05) is 37.1 Å². The minimum atomic E-state index is 0.285. The molecule has 5 heteroatoms. The van der Waals surface area contributed by atoms with E-state index in [-0.39, 0.29) is 5.92 Å². The Hall–Kier alpha value is -2.04. The molecule has 1 saturated heterocycles. The van der Waals surface area contributed by atoms with E-state index in [9.17, 15) is 4.79 Å². The van der Waals surface area contributed by atoms with Gasteiger partial charge in [0.05, 0.1) is 0 Å². The van der Waals surface area contributed by atoms with Crippen LogP contribution in [0.3, 0.4) is 0 Å². The van der Waals surface area contributed by atoms with Gasteiger partial charge in [0.25, 0.3) is 0 Å². The SMILES string of the molecule is CN=C(NCC1C2CCc3ccccc3C21)NC1CCN(C(=O)C2CCCC2)C1. The number of amides is 1. The zero-order valence-corrected chi connectivity index (χ0v) is 17.6. The number of nitrogens with one attached hydrogen (secondary N) is 2. The van der Waals surface area contributed by atoms with Gasteiger partial charge in [0.1, 0.15) is 0 Å². The van der Waals surface area contributed by atoms with Crippen LogP contribution in [0.1, 0.15) is 55.6 Å². The smallest absolute Gasteiger partial charge is 0.225 e. The molecule has 3 aliphatic carbocycles. The van der Waals surface area contributed by atoms with E-state index < -0.39 is 0 Å². The molecule has 1 heterocycles. The number of nitrogens with zero attached hydrogens (tertiary/aromatic N) is 2. The van der Waals surface area contributed by atoms with Crippen LogP contribution in [-0.4, -0.2) is 49.5 Å². The molecule has 156 valence electrons. The fraction of sp³-hybridized carbons (Fsp3) is 0.667. The zero-order valence-electron chi connectivity index (χ0n) is 17.6. The highest BCUT2D eigenvalue weighted by molar-refractivity contribution is 5.81. The largest absolute Gasteiger partial charge is 0.356 e. The molecule has 0 radical (unpaired) electrons. The van der Waals surface area contributed by atoms with Crippen LogP contribution in [0.2, 0.25) is 0 Å². The van der Waals surface area contributed by atoms with Crippen molar-refractivity contribution < 1.29 is 4.79 Å². The van der Waals surface area contributed by atoms with Gasteiger partial charge < -0.3 is 15.5 Å². The monoisotopic (exact) mass is 394 g/mol. The lowest BCUT2D eigenvalue weighted by Gasteiger charge is -2.21. The van der Waals surface area contributed by atoms with Crippen molar-refractivity contribution in [1.82, 2.24) is 15.5 Å². The van der Waals surface area contributed by atoms with Gasteiger partial charge in [0.2, 0.25) is 5.91 Å². The number of hydrogen-bond acceptors (Lipinski definition) is 2. The van der Waals surface area contributed by atoms with Crippen LogP contribution in [0, 0.1) is 17.8 Å². The molecule has 0 aromatic heterocycles. The van der Waals surface area contributed by atoms with Crippen molar-refractivity contribution in [3.63, 3.8) is 0 Å². The Morgan fingerprint density at radius 2 is 2.00 bits per heavy atom. The second kappa shape index (κ2) is 8.00. The highest BCUT2D eigenvalue weighted by Crippen LogP contribution is 2.59. The first-order valence-corrected chi connectivity index (χ1v) is 11.6. The van der Waals surface area contributed by atoms with Gasteiger partial charge in [-0.05, 0) is 61.0 Å². The zero-order chi connectivity index (χ0) is 19.8. The second-order valence-electron chi connectivity index (χ2n) is 9.44. The summed E-state index contributed by atoms with van der Waals surface area (Å²) in [6.07, 6.45) is 8.18. The molecule has 0 bridgehead atoms. The molecule has 2 saturated carbocycles. The van der Waals surface area contributed by atoms with Gasteiger partial charge in [0.15, 0.2) is 5.96 Å². The maximum Gasteiger partial charge on any atom is 0.225 e. The first-order valence-electron chi connectivity index (χ1n) is 11.6. The fourth-order valence-electron chi connectivity index (χ4n) is 6.10. The highest BCUT2D eigenvalue weighted by Gasteiger charge is 2.52. The van der Waals surface area contributed by atoms with Gasteiger partial charge in [-0.25, -0.2) is 0 Å². The third-order valence-electron chi connectivity index (χ3n) is 7.77. The number of likely N-dealkylation sites (tertiary alicyclic amines) is 1. The second-order valence-corrected chi connectivity index (χ2v) is 9.44. The van der Waals surface area contributed by atoms with Gasteiger partial charge in [0, 0.05) is 38.6 Å². The molecular formula is C24H34N4O. The summed E-state index contributed by atoms with van der Waals surface area (Å²) < 4.78 is 0. The highest BCUT2D eigenvalue weighted by atomic mass is 16.2. The molecule has 1 aromatic carbocycles. The summed E-state index contributed by atoms with van der Waals surface area (Å²) in [4.78, 5) is 19.2. The minimum Gasteiger partial charge on any atom is -0.356 e. The summed E-state index contributed by atoms with van der Waals surface area (Å²) in [5.74, 6) is 3.85. The topological polar surface area (TPSA) is 56.7 Å². The Bertz CT molecular complexity index is 785. The Morgan fingerprint density at radius 3 is 2.83 bits per heavy atom. The summed E-state index contributed by atoms with van der Waals surface area (Å²) in [7, 11) is 1.85. The number of hydrogen-bond donors (Lipinski definition) is 2. The molecule has 1 aromatic rings. The van der Waals surface area contributed by atoms with Crippen molar-refractivity contribution in [2.24, 2.45) is 22.7 Å². The molecule has 5 nitrogen and oxygen atoms in total. The maximum absolute atomic E-state index is 12.7. The van der Waals surface area contributed by atoms with Crippen LogP contribution in [0.25, 0.3) is 0 Å². The number of aryl methyl sites for hydroxylation is 1. The number of carbonyl (C=O) groups excluding carboxylic acids is 1. The molecule has 4 atom stereocenters. The van der Waals surface area contributed by atoms with Crippen molar-refractivity contribution in [2.45, 2.75) is 56.9 Å². The van der Waals surface area contributed by atoms with Crippen LogP contribution in [0.4, 0.5) is 0 Å². The molecule has 0 spiro atoms. The van der Waals surface area contributed by atoms with E-state index in [4.69, 9.17) is 0 Å². The predicted molar refractivity (Wildman–Crippen MR) is 116 cm³/mol. The Kier molecular flexibility index (Phi) is 5.23. The van der Waals surface area contributed by atoms with Crippen molar-refractivity contribution in [3.05, 3.63) is 35.4 Å². The first kappa shape index (κ1) is 19.0. The first-order chi connectivity index (χ1) is 14.2. The van der Waals surface area contributed by atoms with Gasteiger partial charge in [-0.15, -0.1) is 0 Å². The van der Waals surface area contributed by atoms with Crippen molar-refractivity contribution >= 4 is 11.9 Å². The molecular weight excluding hydrogens is 360 g/mol. The van der Waals surface area contributed by atoms with Gasteiger partial charge in [-0.2, -0.15) is 0 Å². The van der Waals surface area contributed by atoms with Gasteiger partial charge in [-0.3, -0.25) is 9.79 Å². The molecule has 4 aliphatic rings. The summed E-state index contributed by atoms with van der Waals surface area (Å²) in [5, 5.41) is 7.15. The summed E-state index contributed by atoms with van der Waals surface area (Å²) in [5.41, 5.74) is 3.13. The minimum absolute atomic E-state index is 0.285. The van der Waals surface area contributed by atoms with E-state index in [1.165, 1.54) is 25.7 Å². The lowest BCUT2D eigenvalue weighted by molar-refractivity contribution is -0.134. The van der Waals surface area contributed by atoms with E-state index in [0.717, 1.165) is 62.6 Å². The summed E-state index contributed by atoms with van der Waals surface area (Å²) in [6, 6.07) is 9.29. The van der Waals surface area contributed by atoms with E-state index in [1.54, 1.807) is 11.1 Å². The van der Waals surface area contributed by atoms with Crippen molar-refractivity contribution in [1.29, 1.82) is 0 Å². The number of guanidine groups is 1. The standard InChI is InChI=1S/C24H34N4O/c1-25-24(27-18-12-13-28(15-18)23(29)17-7-2-3-8-17)26-14-21-20-11-10-16-6-4-5-9-19(16)22(20)21/h4-6,9,17-18,20-22H,2-3,7-8,10-15H2,1H3,(H2,25,26,27). The van der Waals surface area contributed by atoms with Crippen molar-refractivity contribution in [2.75, 3.05) is 26.7 Å². The average Bonchev–Trinajstić information content (AvgIpc) is 3.11. The van der Waals surface area contributed by atoms with Crippen LogP contribution < -0.4 is 10.6 Å². The Balaban J connectivity index is 1.11. The number of aliphatic imine (C=N–C) groups is 1. The molecule has 1 amide bonds. The maximum atomic E-state index is 12.7. The fourth-order valence-corrected chi connectivity index (χ4v) is 6.10. The van der Waals surface area contributed by atoms with Crippen LogP contribution in [0.15, 0.2) is 29.3 Å². The quantitative estimate of drug-likeness (QED) is 0.610. The van der Waals surface area contributed by atoms with Crippen molar-refractivity contribution in [3.8, 4) is 0 Å². The normalized spacial score (nSPS) is 31.3. The van der Waals surface area contributed by atoms with E-state index >= 15 is 0 Å².